The van der Waals surface area contributed by atoms with E-state index in [1.54, 1.807) is 24.7 Å². The largest absolute Gasteiger partial charge is 0.338 e. The van der Waals surface area contributed by atoms with Gasteiger partial charge >= 0.3 is 0 Å². The van der Waals surface area contributed by atoms with Crippen LogP contribution < -0.4 is 5.32 Å². The lowest BCUT2D eigenvalue weighted by Gasteiger charge is -2.00. The number of halogens is 1. The van der Waals surface area contributed by atoms with Crippen molar-refractivity contribution in [3.8, 4) is 0 Å². The fraction of sp³-hybridized carbons (Fsp3) is 0.111. The molecular formula is C9H9ClN4. The number of pyridine rings is 1. The first-order chi connectivity index (χ1) is 6.74. The van der Waals surface area contributed by atoms with Gasteiger partial charge in [-0.15, -0.1) is 0 Å². The molecule has 0 aliphatic rings. The molecule has 1 N–H and O–H groups in total. The zero-order valence-electron chi connectivity index (χ0n) is 7.61. The maximum atomic E-state index is 5.81. The molecule has 0 radical (unpaired) electrons. The van der Waals surface area contributed by atoms with Crippen molar-refractivity contribution in [1.29, 1.82) is 0 Å². The van der Waals surface area contributed by atoms with Gasteiger partial charge < -0.3 is 9.88 Å². The molecule has 2 aromatic heterocycles. The molecular weight excluding hydrogens is 200 g/mol. The molecule has 0 atom stereocenters. The molecule has 2 rings (SSSR count). The Hall–Kier alpha value is -1.55. The summed E-state index contributed by atoms with van der Waals surface area (Å²) in [5, 5.41) is 3.69. The second-order valence-corrected chi connectivity index (χ2v) is 3.35. The minimum Gasteiger partial charge on any atom is -0.338 e. The summed E-state index contributed by atoms with van der Waals surface area (Å²) in [4.78, 5) is 8.21. The van der Waals surface area contributed by atoms with Crippen LogP contribution in [0.1, 0.15) is 0 Å². The molecule has 2 aromatic rings. The monoisotopic (exact) mass is 208 g/mol. The van der Waals surface area contributed by atoms with Crippen LogP contribution in [-0.2, 0) is 7.05 Å². The van der Waals surface area contributed by atoms with Crippen molar-refractivity contribution in [2.24, 2.45) is 7.05 Å². The first-order valence-electron chi connectivity index (χ1n) is 4.10. The molecule has 72 valence electrons. The molecule has 0 aliphatic carbocycles. The van der Waals surface area contributed by atoms with Crippen LogP contribution in [0.3, 0.4) is 0 Å². The molecule has 4 nitrogen and oxygen atoms in total. The average Bonchev–Trinajstić information content (AvgIpc) is 2.51. The maximum Gasteiger partial charge on any atom is 0.149 e. The van der Waals surface area contributed by atoms with Gasteiger partial charge in [0.05, 0.1) is 6.33 Å². The van der Waals surface area contributed by atoms with Crippen LogP contribution in [0.15, 0.2) is 30.9 Å². The van der Waals surface area contributed by atoms with Crippen molar-refractivity contribution in [3.63, 3.8) is 0 Å². The first kappa shape index (κ1) is 9.02. The quantitative estimate of drug-likeness (QED) is 0.823. The third-order valence-corrected chi connectivity index (χ3v) is 1.92. The minimum absolute atomic E-state index is 0.651. The van der Waals surface area contributed by atoms with E-state index in [2.05, 4.69) is 15.3 Å². The number of hydrogen-bond acceptors (Lipinski definition) is 3. The predicted molar refractivity (Wildman–Crippen MR) is 55.7 cm³/mol. The Morgan fingerprint density at radius 2 is 2.21 bits per heavy atom. The summed E-state index contributed by atoms with van der Waals surface area (Å²) in [5.41, 5.74) is 0. The Morgan fingerprint density at radius 3 is 2.86 bits per heavy atom. The highest BCUT2D eigenvalue weighted by atomic mass is 35.5. The van der Waals surface area contributed by atoms with Gasteiger partial charge in [-0.2, -0.15) is 0 Å². The van der Waals surface area contributed by atoms with Crippen molar-refractivity contribution in [3.05, 3.63) is 35.9 Å². The smallest absolute Gasteiger partial charge is 0.149 e. The summed E-state index contributed by atoms with van der Waals surface area (Å²) < 4.78 is 1.85. The van der Waals surface area contributed by atoms with Gasteiger partial charge in [-0.25, -0.2) is 9.97 Å². The van der Waals surface area contributed by atoms with Crippen LogP contribution in [0.25, 0.3) is 0 Å². The third-order valence-electron chi connectivity index (χ3n) is 1.68. The minimum atomic E-state index is 0.651. The molecule has 0 aliphatic heterocycles. The van der Waals surface area contributed by atoms with Gasteiger partial charge in [0.15, 0.2) is 0 Å². The fourth-order valence-electron chi connectivity index (χ4n) is 1.08. The number of nitrogens with one attached hydrogen (secondary N) is 1. The summed E-state index contributed by atoms with van der Waals surface area (Å²) >= 11 is 5.81. The molecule has 5 heteroatoms. The van der Waals surface area contributed by atoms with Crippen LogP contribution in [-0.4, -0.2) is 14.5 Å². The highest BCUT2D eigenvalue weighted by Gasteiger charge is 1.98. The molecule has 14 heavy (non-hydrogen) atoms. The van der Waals surface area contributed by atoms with Crippen LogP contribution in [0.4, 0.5) is 11.6 Å². The van der Waals surface area contributed by atoms with Gasteiger partial charge in [0.25, 0.3) is 0 Å². The summed E-state index contributed by atoms with van der Waals surface area (Å²) in [7, 11) is 1.91. The van der Waals surface area contributed by atoms with E-state index < -0.39 is 0 Å². The molecule has 0 aromatic carbocycles. The highest BCUT2D eigenvalue weighted by Crippen LogP contribution is 2.15. The molecule has 0 saturated heterocycles. The lowest BCUT2D eigenvalue weighted by Crippen LogP contribution is -1.92. The van der Waals surface area contributed by atoms with Crippen LogP contribution in [0, 0.1) is 0 Å². The summed E-state index contributed by atoms with van der Waals surface area (Å²) in [6.45, 7) is 0. The molecule has 0 spiro atoms. The second-order valence-electron chi connectivity index (χ2n) is 2.91. The van der Waals surface area contributed by atoms with Crippen molar-refractivity contribution in [1.82, 2.24) is 14.5 Å². The molecule has 0 bridgehead atoms. The van der Waals surface area contributed by atoms with Gasteiger partial charge in [0, 0.05) is 24.5 Å². The Bertz CT molecular complexity index is 438. The lowest BCUT2D eigenvalue weighted by molar-refractivity contribution is 0.913. The topological polar surface area (TPSA) is 42.7 Å². The molecule has 0 fully saturated rings. The summed E-state index contributed by atoms with van der Waals surface area (Å²) in [5.74, 6) is 1.44. The van der Waals surface area contributed by atoms with E-state index in [9.17, 15) is 0 Å². The number of aryl methyl sites for hydroxylation is 1. The average molecular weight is 209 g/mol. The van der Waals surface area contributed by atoms with Gasteiger partial charge in [-0.3, -0.25) is 0 Å². The molecule has 0 unspecified atom stereocenters. The SMILES string of the molecule is Cn1cnc(Nc2cc(Cl)ccn2)c1. The Kier molecular flexibility index (Phi) is 2.37. The zero-order chi connectivity index (χ0) is 9.97. The Morgan fingerprint density at radius 1 is 1.36 bits per heavy atom. The van der Waals surface area contributed by atoms with E-state index in [1.165, 1.54) is 0 Å². The van der Waals surface area contributed by atoms with Crippen molar-refractivity contribution < 1.29 is 0 Å². The Labute approximate surface area is 86.6 Å². The second kappa shape index (κ2) is 3.67. The highest BCUT2D eigenvalue weighted by molar-refractivity contribution is 6.30. The summed E-state index contributed by atoms with van der Waals surface area (Å²) in [6.07, 6.45) is 5.23. The zero-order valence-corrected chi connectivity index (χ0v) is 8.36. The number of aromatic nitrogens is 3. The first-order valence-corrected chi connectivity index (χ1v) is 4.48. The van der Waals surface area contributed by atoms with Crippen LogP contribution in [0.5, 0.6) is 0 Å². The van der Waals surface area contributed by atoms with Crippen molar-refractivity contribution in [2.75, 3.05) is 5.32 Å². The predicted octanol–water partition coefficient (Wildman–Crippen LogP) is 2.21. The van der Waals surface area contributed by atoms with Gasteiger partial charge in [0.2, 0.25) is 0 Å². The third kappa shape index (κ3) is 2.03. The van der Waals surface area contributed by atoms with E-state index in [1.807, 2.05) is 17.8 Å². The number of anilines is 2. The van der Waals surface area contributed by atoms with Crippen LogP contribution >= 0.6 is 11.6 Å². The molecule has 0 amide bonds. The normalized spacial score (nSPS) is 10.1. The van der Waals surface area contributed by atoms with E-state index >= 15 is 0 Å². The number of nitrogens with zero attached hydrogens (tertiary/aromatic N) is 3. The van der Waals surface area contributed by atoms with Gasteiger partial charge in [-0.1, -0.05) is 11.6 Å². The number of hydrogen-bond donors (Lipinski definition) is 1. The van der Waals surface area contributed by atoms with Crippen LogP contribution in [0.2, 0.25) is 5.02 Å². The molecule has 2 heterocycles. The number of rotatable bonds is 2. The standard InChI is InChI=1S/C9H9ClN4/c1-14-5-9(12-6-14)13-8-4-7(10)2-3-11-8/h2-6H,1H3,(H,11,13). The fourth-order valence-corrected chi connectivity index (χ4v) is 1.24. The Balaban J connectivity index is 2.18. The van der Waals surface area contributed by atoms with E-state index in [0.717, 1.165) is 5.82 Å². The van der Waals surface area contributed by atoms with Gasteiger partial charge in [-0.05, 0) is 12.1 Å². The van der Waals surface area contributed by atoms with E-state index in [4.69, 9.17) is 11.6 Å². The maximum absolute atomic E-state index is 5.81. The number of imidazole rings is 1. The summed E-state index contributed by atoms with van der Waals surface area (Å²) in [6, 6.07) is 3.47. The molecule has 0 saturated carbocycles. The van der Waals surface area contributed by atoms with Gasteiger partial charge in [0.1, 0.15) is 11.6 Å². The van der Waals surface area contributed by atoms with E-state index in [-0.39, 0.29) is 0 Å². The van der Waals surface area contributed by atoms with Crippen molar-refractivity contribution in [2.45, 2.75) is 0 Å². The van der Waals surface area contributed by atoms with Crippen molar-refractivity contribution >= 4 is 23.2 Å². The lowest BCUT2D eigenvalue weighted by atomic mass is 10.4. The van der Waals surface area contributed by atoms with E-state index in [0.29, 0.717) is 10.8 Å².